The zero-order chi connectivity index (χ0) is 16.1. The molecule has 0 saturated heterocycles. The summed E-state index contributed by atoms with van der Waals surface area (Å²) in [6, 6.07) is -0.394. The topological polar surface area (TPSA) is 49.4 Å². The molecule has 0 bridgehead atoms. The maximum absolute atomic E-state index is 12.6. The molecule has 1 atom stereocenters. The number of nitrogens with one attached hydrogen (secondary N) is 1. The van der Waals surface area contributed by atoms with Crippen LogP contribution in [0.25, 0.3) is 0 Å². The molecule has 0 aliphatic heterocycles. The second-order valence-corrected chi connectivity index (χ2v) is 7.19. The normalized spacial score (nSPS) is 20.7. The SMILES string of the molecule is CNC(=O)N(I)C(=O)C1=C(C(=[SiH2])C2C=CCCC2)CCC=C1. The highest BCUT2D eigenvalue weighted by atomic mass is 127. The van der Waals surface area contributed by atoms with Crippen LogP contribution in [0.4, 0.5) is 4.79 Å². The number of nitrogens with zero attached hydrogens (tertiary/aromatic N) is 1. The van der Waals surface area contributed by atoms with Gasteiger partial charge in [0.05, 0.1) is 22.9 Å². The first kappa shape index (κ1) is 17.3. The summed E-state index contributed by atoms with van der Waals surface area (Å²) < 4.78 is 1.12. The summed E-state index contributed by atoms with van der Waals surface area (Å²) in [6.07, 6.45) is 13.7. The molecule has 0 spiro atoms. The summed E-state index contributed by atoms with van der Waals surface area (Å²) >= 11 is 1.77. The number of urea groups is 1. The molecule has 0 fully saturated rings. The average molecular weight is 428 g/mol. The Labute approximate surface area is 148 Å². The van der Waals surface area contributed by atoms with E-state index in [0.717, 1.165) is 34.4 Å². The number of carbonyl (C=O) groups is 2. The maximum Gasteiger partial charge on any atom is 0.333 e. The predicted octanol–water partition coefficient (Wildman–Crippen LogP) is 2.31. The minimum absolute atomic E-state index is 0.241. The highest BCUT2D eigenvalue weighted by molar-refractivity contribution is 14.1. The van der Waals surface area contributed by atoms with Crippen molar-refractivity contribution in [1.29, 1.82) is 0 Å². The van der Waals surface area contributed by atoms with Crippen molar-refractivity contribution >= 4 is 49.8 Å². The van der Waals surface area contributed by atoms with Crippen molar-refractivity contribution in [3.05, 3.63) is 35.5 Å². The molecule has 1 N–H and O–H groups in total. The van der Waals surface area contributed by atoms with Crippen LogP contribution in [0.5, 0.6) is 0 Å². The van der Waals surface area contributed by atoms with Gasteiger partial charge in [0.25, 0.3) is 5.91 Å². The number of hydrogen-bond donors (Lipinski definition) is 1. The molecule has 0 aromatic carbocycles. The van der Waals surface area contributed by atoms with Crippen molar-refractivity contribution in [3.63, 3.8) is 0 Å². The number of imide groups is 1. The smallest absolute Gasteiger partial charge is 0.333 e. The van der Waals surface area contributed by atoms with E-state index >= 15 is 0 Å². The number of amides is 3. The summed E-state index contributed by atoms with van der Waals surface area (Å²) in [4.78, 5) is 24.3. The van der Waals surface area contributed by atoms with Gasteiger partial charge in [0.2, 0.25) is 0 Å². The second-order valence-electron chi connectivity index (χ2n) is 5.47. The lowest BCUT2D eigenvalue weighted by atomic mass is 9.84. The maximum atomic E-state index is 12.6. The number of rotatable bonds is 3. The van der Waals surface area contributed by atoms with Gasteiger partial charge in [0, 0.05) is 12.6 Å². The molecule has 0 heterocycles. The van der Waals surface area contributed by atoms with E-state index in [1.165, 1.54) is 18.6 Å². The first-order chi connectivity index (χ1) is 10.6. The van der Waals surface area contributed by atoms with Crippen LogP contribution in [0.1, 0.15) is 32.1 Å². The van der Waals surface area contributed by atoms with Gasteiger partial charge in [-0.1, -0.05) is 29.5 Å². The molecule has 118 valence electrons. The van der Waals surface area contributed by atoms with Gasteiger partial charge in [0.15, 0.2) is 0 Å². The van der Waals surface area contributed by atoms with Crippen molar-refractivity contribution in [2.75, 3.05) is 7.05 Å². The van der Waals surface area contributed by atoms with Crippen LogP contribution in [0.15, 0.2) is 35.5 Å². The van der Waals surface area contributed by atoms with E-state index in [4.69, 9.17) is 0 Å². The molecule has 2 aliphatic rings. The molecule has 2 aliphatic carbocycles. The monoisotopic (exact) mass is 428 g/mol. The molecular weight excluding hydrogens is 407 g/mol. The molecular formula is C16H21IN2O2Si. The molecule has 0 saturated carbocycles. The van der Waals surface area contributed by atoms with Gasteiger partial charge in [-0.05, 0) is 53.4 Å². The molecule has 2 rings (SSSR count). The molecule has 1 unspecified atom stereocenters. The quantitative estimate of drug-likeness (QED) is 0.325. The Morgan fingerprint density at radius 3 is 2.77 bits per heavy atom. The van der Waals surface area contributed by atoms with Gasteiger partial charge in [-0.3, -0.25) is 4.79 Å². The Morgan fingerprint density at radius 2 is 2.14 bits per heavy atom. The fourth-order valence-corrected chi connectivity index (χ4v) is 4.03. The molecule has 3 amide bonds. The first-order valence-electron chi connectivity index (χ1n) is 7.53. The second kappa shape index (κ2) is 8.01. The molecule has 22 heavy (non-hydrogen) atoms. The lowest BCUT2D eigenvalue weighted by molar-refractivity contribution is -0.119. The summed E-state index contributed by atoms with van der Waals surface area (Å²) in [7, 11) is 3.42. The Hall–Kier alpha value is -1.02. The van der Waals surface area contributed by atoms with E-state index < -0.39 is 6.03 Å². The minimum Gasteiger partial charge on any atom is -0.340 e. The Bertz CT molecular complexity index is 581. The largest absolute Gasteiger partial charge is 0.340 e. The van der Waals surface area contributed by atoms with Crippen LogP contribution in [0.2, 0.25) is 0 Å². The number of hydrogen-bond acceptors (Lipinski definition) is 2. The predicted molar refractivity (Wildman–Crippen MR) is 101 cm³/mol. The van der Waals surface area contributed by atoms with Crippen LogP contribution in [0.3, 0.4) is 0 Å². The minimum atomic E-state index is -0.394. The molecule has 4 nitrogen and oxygen atoms in total. The van der Waals surface area contributed by atoms with Gasteiger partial charge in [0.1, 0.15) is 0 Å². The standard InChI is InChI=1S/C16H21IN2O2Si/c1-18-16(21)19(17)15(20)13-10-6-5-9-12(13)14(22)11-7-3-2-4-8-11/h3,6-7,10-11H,2,4-5,8-9,22H2,1H3,(H,18,21). The number of carbonyl (C=O) groups excluding carboxylic acids is 2. The van der Waals surface area contributed by atoms with E-state index in [9.17, 15) is 9.59 Å². The van der Waals surface area contributed by atoms with Crippen molar-refractivity contribution < 1.29 is 9.59 Å². The summed E-state index contributed by atoms with van der Waals surface area (Å²) in [5, 5.41) is 3.78. The number of allylic oxidation sites excluding steroid dienone is 4. The average Bonchev–Trinajstić information content (AvgIpc) is 2.59. The fraction of sp³-hybridized carbons (Fsp3) is 0.438. The summed E-state index contributed by atoms with van der Waals surface area (Å²) in [5.74, 6) is 0.189. The van der Waals surface area contributed by atoms with E-state index in [1.807, 2.05) is 22.0 Å². The number of halogens is 1. The summed E-state index contributed by atoms with van der Waals surface area (Å²) in [5.41, 5.74) is 1.78. The van der Waals surface area contributed by atoms with E-state index in [2.05, 4.69) is 17.5 Å². The molecule has 0 aromatic rings. The first-order valence-corrected chi connectivity index (χ1v) is 9.21. The molecule has 6 heteroatoms. The highest BCUT2D eigenvalue weighted by Crippen LogP contribution is 2.28. The lowest BCUT2D eigenvalue weighted by Gasteiger charge is -2.25. The van der Waals surface area contributed by atoms with Gasteiger partial charge in [-0.25, -0.2) is 4.79 Å². The molecule has 0 aromatic heterocycles. The fourth-order valence-electron chi connectivity index (χ4n) is 2.82. The van der Waals surface area contributed by atoms with Crippen LogP contribution in [0, 0.1) is 5.92 Å². The summed E-state index contributed by atoms with van der Waals surface area (Å²) in [6.45, 7) is 0. The van der Waals surface area contributed by atoms with Crippen LogP contribution < -0.4 is 5.32 Å². The van der Waals surface area contributed by atoms with Crippen LogP contribution >= 0.6 is 22.9 Å². The highest BCUT2D eigenvalue weighted by Gasteiger charge is 2.26. The van der Waals surface area contributed by atoms with Gasteiger partial charge in [-0.2, -0.15) is 3.11 Å². The van der Waals surface area contributed by atoms with Gasteiger partial charge < -0.3 is 5.32 Å². The third-order valence-corrected chi connectivity index (χ3v) is 5.89. The third-order valence-electron chi connectivity index (χ3n) is 4.06. The van der Waals surface area contributed by atoms with Crippen molar-refractivity contribution in [1.82, 2.24) is 8.43 Å². The van der Waals surface area contributed by atoms with Crippen molar-refractivity contribution in [3.8, 4) is 0 Å². The zero-order valence-electron chi connectivity index (χ0n) is 12.8. The van der Waals surface area contributed by atoms with Gasteiger partial charge in [-0.15, -0.1) is 0 Å². The van der Waals surface area contributed by atoms with Crippen molar-refractivity contribution in [2.24, 2.45) is 5.92 Å². The van der Waals surface area contributed by atoms with E-state index in [-0.39, 0.29) is 5.91 Å². The van der Waals surface area contributed by atoms with E-state index in [1.54, 1.807) is 22.9 Å². The Balaban J connectivity index is 2.29. The van der Waals surface area contributed by atoms with Crippen LogP contribution in [-0.2, 0) is 4.79 Å². The Kier molecular flexibility index (Phi) is 6.31. The Morgan fingerprint density at radius 1 is 1.36 bits per heavy atom. The van der Waals surface area contributed by atoms with E-state index in [0.29, 0.717) is 11.5 Å². The lowest BCUT2D eigenvalue weighted by Crippen LogP contribution is -2.36. The third kappa shape index (κ3) is 3.84. The van der Waals surface area contributed by atoms with Gasteiger partial charge >= 0.3 is 6.03 Å². The van der Waals surface area contributed by atoms with Crippen LogP contribution in [-0.4, -0.2) is 37.1 Å². The molecule has 0 radical (unpaired) electrons. The zero-order valence-corrected chi connectivity index (χ0v) is 16.3. The van der Waals surface area contributed by atoms with Crippen molar-refractivity contribution in [2.45, 2.75) is 32.1 Å².